The zero-order valence-electron chi connectivity index (χ0n) is 8.79. The van der Waals surface area contributed by atoms with Crippen LogP contribution in [0.4, 0.5) is 4.39 Å². The van der Waals surface area contributed by atoms with Crippen molar-refractivity contribution < 1.29 is 4.39 Å². The van der Waals surface area contributed by atoms with Crippen molar-refractivity contribution in [3.8, 4) is 0 Å². The van der Waals surface area contributed by atoms with Crippen molar-refractivity contribution in [3.05, 3.63) is 55.9 Å². The smallest absolute Gasteiger partial charge is 0.124 e. The molecule has 0 aliphatic rings. The van der Waals surface area contributed by atoms with E-state index in [0.717, 1.165) is 10.4 Å². The maximum atomic E-state index is 12.9. The number of thiophene rings is 1. The lowest BCUT2D eigenvalue weighted by Crippen LogP contribution is -2.12. The van der Waals surface area contributed by atoms with Gasteiger partial charge in [0, 0.05) is 15.9 Å². The molecule has 0 saturated heterocycles. The Morgan fingerprint density at radius 3 is 2.59 bits per heavy atom. The number of hydrogen-bond donors (Lipinski definition) is 1. The number of benzene rings is 1. The molecule has 0 aliphatic carbocycles. The predicted molar refractivity (Wildman–Crippen MR) is 71.4 cm³/mol. The van der Waals surface area contributed by atoms with E-state index >= 15 is 0 Å². The van der Waals surface area contributed by atoms with Crippen LogP contribution in [0.5, 0.6) is 0 Å². The van der Waals surface area contributed by atoms with Crippen molar-refractivity contribution in [2.24, 2.45) is 5.73 Å². The van der Waals surface area contributed by atoms with Gasteiger partial charge >= 0.3 is 0 Å². The van der Waals surface area contributed by atoms with E-state index in [1.165, 1.54) is 23.5 Å². The van der Waals surface area contributed by atoms with E-state index in [1.54, 1.807) is 6.07 Å². The van der Waals surface area contributed by atoms with Crippen molar-refractivity contribution in [2.45, 2.75) is 12.5 Å². The molecule has 17 heavy (non-hydrogen) atoms. The van der Waals surface area contributed by atoms with Crippen molar-refractivity contribution in [1.29, 1.82) is 0 Å². The zero-order chi connectivity index (χ0) is 12.4. The van der Waals surface area contributed by atoms with Gasteiger partial charge in [-0.3, -0.25) is 0 Å². The molecule has 0 spiro atoms. The minimum Gasteiger partial charge on any atom is -0.323 e. The minimum absolute atomic E-state index is 0.217. The van der Waals surface area contributed by atoms with Crippen LogP contribution in [0.15, 0.2) is 29.6 Å². The number of nitrogens with two attached hydrogens (primary N) is 1. The summed E-state index contributed by atoms with van der Waals surface area (Å²) >= 11 is 13.5. The summed E-state index contributed by atoms with van der Waals surface area (Å²) in [4.78, 5) is 0.923. The molecule has 2 aromatic rings. The van der Waals surface area contributed by atoms with Crippen molar-refractivity contribution in [2.75, 3.05) is 0 Å². The van der Waals surface area contributed by atoms with Crippen molar-refractivity contribution >= 4 is 34.5 Å². The quantitative estimate of drug-likeness (QED) is 0.888. The fourth-order valence-electron chi connectivity index (χ4n) is 1.59. The topological polar surface area (TPSA) is 26.0 Å². The molecule has 1 nitrogen and oxygen atoms in total. The van der Waals surface area contributed by atoms with Crippen LogP contribution in [0.1, 0.15) is 16.5 Å². The standard InChI is InChI=1S/C12H10Cl2FNS/c13-9-3-4-17-12(9)11(16)5-7-1-2-8(15)6-10(7)14/h1-4,6,11H,5,16H2. The first-order valence-electron chi connectivity index (χ1n) is 5.00. The van der Waals surface area contributed by atoms with Crippen LogP contribution in [-0.4, -0.2) is 0 Å². The van der Waals surface area contributed by atoms with Gasteiger partial charge in [-0.25, -0.2) is 4.39 Å². The Morgan fingerprint density at radius 2 is 2.00 bits per heavy atom. The Balaban J connectivity index is 2.19. The van der Waals surface area contributed by atoms with Gasteiger partial charge in [0.05, 0.1) is 5.02 Å². The summed E-state index contributed by atoms with van der Waals surface area (Å²) in [6, 6.07) is 5.92. The SMILES string of the molecule is NC(Cc1ccc(F)cc1Cl)c1sccc1Cl. The first kappa shape index (κ1) is 12.8. The van der Waals surface area contributed by atoms with E-state index in [9.17, 15) is 4.39 Å². The molecule has 1 heterocycles. The largest absolute Gasteiger partial charge is 0.323 e. The van der Waals surface area contributed by atoms with E-state index < -0.39 is 0 Å². The Labute approximate surface area is 113 Å². The van der Waals surface area contributed by atoms with E-state index in [0.29, 0.717) is 16.5 Å². The number of halogens is 3. The van der Waals surface area contributed by atoms with Gasteiger partial charge in [-0.1, -0.05) is 29.3 Å². The average Bonchev–Trinajstić information content (AvgIpc) is 2.68. The highest BCUT2D eigenvalue weighted by atomic mass is 35.5. The highest BCUT2D eigenvalue weighted by Crippen LogP contribution is 2.30. The molecule has 0 aliphatic heterocycles. The van der Waals surface area contributed by atoms with Gasteiger partial charge in [-0.15, -0.1) is 11.3 Å². The van der Waals surface area contributed by atoms with E-state index in [2.05, 4.69) is 0 Å². The maximum absolute atomic E-state index is 12.9. The summed E-state index contributed by atoms with van der Waals surface area (Å²) in [5, 5.41) is 2.96. The molecular weight excluding hydrogens is 280 g/mol. The molecule has 1 aromatic carbocycles. The molecule has 0 radical (unpaired) electrons. The highest BCUT2D eigenvalue weighted by molar-refractivity contribution is 7.10. The Kier molecular flexibility index (Phi) is 4.05. The molecule has 0 saturated carbocycles. The molecule has 2 N–H and O–H groups in total. The lowest BCUT2D eigenvalue weighted by molar-refractivity contribution is 0.626. The van der Waals surface area contributed by atoms with Crippen LogP contribution < -0.4 is 5.73 Å². The zero-order valence-corrected chi connectivity index (χ0v) is 11.1. The summed E-state index contributed by atoms with van der Waals surface area (Å²) in [5.41, 5.74) is 6.88. The molecular formula is C12H10Cl2FNS. The van der Waals surface area contributed by atoms with Crippen LogP contribution >= 0.6 is 34.5 Å². The van der Waals surface area contributed by atoms with Crippen molar-refractivity contribution in [1.82, 2.24) is 0 Å². The summed E-state index contributed by atoms with van der Waals surface area (Å²) in [6.07, 6.45) is 0.541. The second-order valence-corrected chi connectivity index (χ2v) is 5.44. The van der Waals surface area contributed by atoms with Gasteiger partial charge in [0.2, 0.25) is 0 Å². The third kappa shape index (κ3) is 2.99. The molecule has 5 heteroatoms. The third-order valence-electron chi connectivity index (χ3n) is 2.44. The Morgan fingerprint density at radius 1 is 1.24 bits per heavy atom. The maximum Gasteiger partial charge on any atom is 0.124 e. The molecule has 1 aromatic heterocycles. The van der Waals surface area contributed by atoms with Crippen molar-refractivity contribution in [3.63, 3.8) is 0 Å². The first-order valence-corrected chi connectivity index (χ1v) is 6.64. The summed E-state index contributed by atoms with van der Waals surface area (Å²) in [6.45, 7) is 0. The van der Waals surface area contributed by atoms with Crippen LogP contribution in [0, 0.1) is 5.82 Å². The molecule has 0 fully saturated rings. The van der Waals surface area contributed by atoms with E-state index in [4.69, 9.17) is 28.9 Å². The number of hydrogen-bond acceptors (Lipinski definition) is 2. The van der Waals surface area contributed by atoms with Gasteiger partial charge in [-0.2, -0.15) is 0 Å². The van der Waals surface area contributed by atoms with Gasteiger partial charge in [0.15, 0.2) is 0 Å². The second-order valence-electron chi connectivity index (χ2n) is 3.68. The molecule has 0 amide bonds. The molecule has 0 bridgehead atoms. The van der Waals surface area contributed by atoms with Gasteiger partial charge in [0.1, 0.15) is 5.82 Å². The van der Waals surface area contributed by atoms with Crippen LogP contribution in [0.3, 0.4) is 0 Å². The normalized spacial score (nSPS) is 12.7. The van der Waals surface area contributed by atoms with Gasteiger partial charge in [-0.05, 0) is 35.6 Å². The second kappa shape index (κ2) is 5.36. The highest BCUT2D eigenvalue weighted by Gasteiger charge is 2.14. The summed E-state index contributed by atoms with van der Waals surface area (Å²) < 4.78 is 12.9. The van der Waals surface area contributed by atoms with E-state index in [-0.39, 0.29) is 11.9 Å². The third-order valence-corrected chi connectivity index (χ3v) is 4.28. The lowest BCUT2D eigenvalue weighted by atomic mass is 10.1. The summed E-state index contributed by atoms with van der Waals surface area (Å²) in [7, 11) is 0. The van der Waals surface area contributed by atoms with Crippen LogP contribution in [-0.2, 0) is 6.42 Å². The van der Waals surface area contributed by atoms with Crippen LogP contribution in [0.25, 0.3) is 0 Å². The monoisotopic (exact) mass is 289 g/mol. The Bertz CT molecular complexity index is 527. The Hall–Kier alpha value is -0.610. The van der Waals surface area contributed by atoms with Gasteiger partial charge in [0.25, 0.3) is 0 Å². The van der Waals surface area contributed by atoms with Crippen LogP contribution in [0.2, 0.25) is 10.0 Å². The number of rotatable bonds is 3. The minimum atomic E-state index is -0.346. The van der Waals surface area contributed by atoms with E-state index in [1.807, 2.05) is 11.4 Å². The predicted octanol–water partition coefficient (Wildman–Crippen LogP) is 4.44. The summed E-state index contributed by atoms with van der Waals surface area (Å²) in [5.74, 6) is -0.346. The molecule has 90 valence electrons. The molecule has 2 rings (SSSR count). The fraction of sp³-hybridized carbons (Fsp3) is 0.167. The van der Waals surface area contributed by atoms with Gasteiger partial charge < -0.3 is 5.73 Å². The average molecular weight is 290 g/mol. The molecule has 1 unspecified atom stereocenters. The lowest BCUT2D eigenvalue weighted by Gasteiger charge is -2.11. The fourth-order valence-corrected chi connectivity index (χ4v) is 3.03. The molecule has 1 atom stereocenters. The first-order chi connectivity index (χ1) is 8.08.